The highest BCUT2D eigenvalue weighted by Gasteiger charge is 2.15. The number of piperazine rings is 1. The Morgan fingerprint density at radius 2 is 1.50 bits per heavy atom. The van der Waals surface area contributed by atoms with Crippen LogP contribution in [-0.4, -0.2) is 90.3 Å². The van der Waals surface area contributed by atoms with Crippen LogP contribution < -0.4 is 5.32 Å². The molecule has 0 spiro atoms. The van der Waals surface area contributed by atoms with Crippen LogP contribution >= 0.6 is 0 Å². The average molecular weight is 290 g/mol. The summed E-state index contributed by atoms with van der Waals surface area (Å²) in [6, 6.07) is 0. The van der Waals surface area contributed by atoms with Gasteiger partial charge in [-0.3, -0.25) is 4.79 Å². The lowest BCUT2D eigenvalue weighted by atomic mass is 10.3. The molecule has 1 saturated heterocycles. The van der Waals surface area contributed by atoms with E-state index in [1.54, 1.807) is 7.11 Å². The topological polar surface area (TPSA) is 69.3 Å². The first-order chi connectivity index (χ1) is 9.84. The van der Waals surface area contributed by atoms with E-state index in [9.17, 15) is 4.79 Å². The first-order valence-electron chi connectivity index (χ1n) is 7.05. The highest BCUT2D eigenvalue weighted by atomic mass is 16.6. The average Bonchev–Trinajstić information content (AvgIpc) is 2.50. The summed E-state index contributed by atoms with van der Waals surface area (Å²) >= 11 is 0. The third-order valence-corrected chi connectivity index (χ3v) is 2.87. The van der Waals surface area contributed by atoms with Crippen LogP contribution in [0.3, 0.4) is 0 Å². The maximum Gasteiger partial charge on any atom is 0.248 e. The number of ether oxygens (including phenoxy) is 4. The maximum absolute atomic E-state index is 11.7. The molecule has 7 heteroatoms. The van der Waals surface area contributed by atoms with Gasteiger partial charge in [-0.1, -0.05) is 0 Å². The van der Waals surface area contributed by atoms with Gasteiger partial charge in [0.15, 0.2) is 0 Å². The van der Waals surface area contributed by atoms with Crippen molar-refractivity contribution >= 4 is 5.91 Å². The van der Waals surface area contributed by atoms with Gasteiger partial charge in [0.05, 0.1) is 39.6 Å². The Bertz CT molecular complexity index is 247. The third kappa shape index (κ3) is 8.44. The molecule has 118 valence electrons. The van der Waals surface area contributed by atoms with E-state index in [0.29, 0.717) is 39.6 Å². The first-order valence-corrected chi connectivity index (χ1v) is 7.05. The van der Waals surface area contributed by atoms with E-state index in [0.717, 1.165) is 26.2 Å². The molecule has 0 saturated carbocycles. The number of methoxy groups -OCH3 is 1. The molecule has 1 fully saturated rings. The molecule has 0 aromatic rings. The van der Waals surface area contributed by atoms with Gasteiger partial charge in [0.2, 0.25) is 5.91 Å². The molecule has 20 heavy (non-hydrogen) atoms. The summed E-state index contributed by atoms with van der Waals surface area (Å²) in [5, 5.41) is 3.20. The minimum atomic E-state index is 0.0504. The van der Waals surface area contributed by atoms with Gasteiger partial charge in [-0.2, -0.15) is 0 Å². The lowest BCUT2D eigenvalue weighted by Gasteiger charge is -2.27. The van der Waals surface area contributed by atoms with Gasteiger partial charge in [0.1, 0.15) is 6.61 Å². The summed E-state index contributed by atoms with van der Waals surface area (Å²) in [6.45, 7) is 6.52. The Hall–Kier alpha value is -0.730. The van der Waals surface area contributed by atoms with Gasteiger partial charge in [0, 0.05) is 33.3 Å². The number of rotatable bonds is 11. The van der Waals surface area contributed by atoms with Crippen molar-refractivity contribution in [2.75, 3.05) is 79.5 Å². The molecule has 0 radical (unpaired) electrons. The lowest BCUT2D eigenvalue weighted by molar-refractivity contribution is -0.137. The second-order valence-electron chi connectivity index (χ2n) is 4.40. The molecule has 1 N–H and O–H groups in total. The summed E-state index contributed by atoms with van der Waals surface area (Å²) < 4.78 is 20.7. The van der Waals surface area contributed by atoms with Crippen LogP contribution in [0.2, 0.25) is 0 Å². The number of carbonyl (C=O) groups is 1. The van der Waals surface area contributed by atoms with Crippen molar-refractivity contribution < 1.29 is 23.7 Å². The molecule has 0 unspecified atom stereocenters. The van der Waals surface area contributed by atoms with E-state index in [4.69, 9.17) is 18.9 Å². The summed E-state index contributed by atoms with van der Waals surface area (Å²) in [7, 11) is 1.64. The molecule has 1 heterocycles. The SMILES string of the molecule is COCCOCCOCCOCC(=O)N1CCNCC1. The molecular formula is C13H26N2O5. The van der Waals surface area contributed by atoms with Gasteiger partial charge in [-0.05, 0) is 0 Å². The van der Waals surface area contributed by atoms with Crippen molar-refractivity contribution in [2.45, 2.75) is 0 Å². The van der Waals surface area contributed by atoms with Crippen molar-refractivity contribution in [2.24, 2.45) is 0 Å². The Balaban J connectivity index is 1.83. The number of nitrogens with zero attached hydrogens (tertiary/aromatic N) is 1. The van der Waals surface area contributed by atoms with Crippen LogP contribution in [0.25, 0.3) is 0 Å². The Morgan fingerprint density at radius 1 is 0.950 bits per heavy atom. The zero-order valence-electron chi connectivity index (χ0n) is 12.3. The molecule has 0 aromatic carbocycles. The maximum atomic E-state index is 11.7. The van der Waals surface area contributed by atoms with Crippen LogP contribution in [0, 0.1) is 0 Å². The predicted octanol–water partition coefficient (Wildman–Crippen LogP) is -0.886. The highest BCUT2D eigenvalue weighted by molar-refractivity contribution is 5.77. The monoisotopic (exact) mass is 290 g/mol. The second-order valence-corrected chi connectivity index (χ2v) is 4.40. The second kappa shape index (κ2) is 12.0. The van der Waals surface area contributed by atoms with E-state index in [1.807, 2.05) is 4.90 Å². The molecule has 0 bridgehead atoms. The fourth-order valence-corrected chi connectivity index (χ4v) is 1.75. The molecule has 1 rings (SSSR count). The fourth-order valence-electron chi connectivity index (χ4n) is 1.75. The number of amides is 1. The van der Waals surface area contributed by atoms with Crippen LogP contribution in [0.5, 0.6) is 0 Å². The van der Waals surface area contributed by atoms with Gasteiger partial charge in [-0.25, -0.2) is 0 Å². The van der Waals surface area contributed by atoms with Gasteiger partial charge in [0.25, 0.3) is 0 Å². The fraction of sp³-hybridized carbons (Fsp3) is 0.923. The molecule has 1 aliphatic heterocycles. The molecule has 0 aliphatic carbocycles. The minimum absolute atomic E-state index is 0.0504. The zero-order valence-corrected chi connectivity index (χ0v) is 12.3. The number of hydrogen-bond donors (Lipinski definition) is 1. The molecule has 0 atom stereocenters. The van der Waals surface area contributed by atoms with Crippen molar-refractivity contribution in [3.8, 4) is 0 Å². The molecule has 1 amide bonds. The summed E-state index contributed by atoms with van der Waals surface area (Å²) in [4.78, 5) is 13.6. The van der Waals surface area contributed by atoms with Crippen LogP contribution in [0.1, 0.15) is 0 Å². The van der Waals surface area contributed by atoms with E-state index < -0.39 is 0 Å². The quantitative estimate of drug-likeness (QED) is 0.498. The zero-order chi connectivity index (χ0) is 14.5. The molecule has 7 nitrogen and oxygen atoms in total. The molecular weight excluding hydrogens is 264 g/mol. The largest absolute Gasteiger partial charge is 0.382 e. The van der Waals surface area contributed by atoms with Crippen molar-refractivity contribution in [1.82, 2.24) is 10.2 Å². The van der Waals surface area contributed by atoms with Gasteiger partial charge >= 0.3 is 0 Å². The standard InChI is InChI=1S/C13H26N2O5/c1-17-6-7-18-8-9-19-10-11-20-12-13(16)15-4-2-14-3-5-15/h14H,2-12H2,1H3. The third-order valence-electron chi connectivity index (χ3n) is 2.87. The first kappa shape index (κ1) is 17.3. The van der Waals surface area contributed by atoms with Crippen molar-refractivity contribution in [3.05, 3.63) is 0 Å². The Kier molecular flexibility index (Phi) is 10.4. The summed E-state index contributed by atoms with van der Waals surface area (Å²) in [6.07, 6.45) is 0. The number of hydrogen-bond acceptors (Lipinski definition) is 6. The predicted molar refractivity (Wildman–Crippen MR) is 73.8 cm³/mol. The summed E-state index contributed by atoms with van der Waals surface area (Å²) in [5.41, 5.74) is 0. The van der Waals surface area contributed by atoms with E-state index >= 15 is 0 Å². The van der Waals surface area contributed by atoms with E-state index in [-0.39, 0.29) is 12.5 Å². The van der Waals surface area contributed by atoms with Crippen molar-refractivity contribution in [1.29, 1.82) is 0 Å². The molecule has 1 aliphatic rings. The number of nitrogens with one attached hydrogen (secondary N) is 1. The number of carbonyl (C=O) groups excluding carboxylic acids is 1. The van der Waals surface area contributed by atoms with Crippen molar-refractivity contribution in [3.63, 3.8) is 0 Å². The van der Waals surface area contributed by atoms with Crippen LogP contribution in [-0.2, 0) is 23.7 Å². The van der Waals surface area contributed by atoms with Crippen LogP contribution in [0.15, 0.2) is 0 Å². The Labute approximate surface area is 120 Å². The van der Waals surface area contributed by atoms with Crippen LogP contribution in [0.4, 0.5) is 0 Å². The molecule has 0 aromatic heterocycles. The highest BCUT2D eigenvalue weighted by Crippen LogP contribution is 1.94. The van der Waals surface area contributed by atoms with E-state index in [1.165, 1.54) is 0 Å². The van der Waals surface area contributed by atoms with Gasteiger partial charge < -0.3 is 29.2 Å². The van der Waals surface area contributed by atoms with Gasteiger partial charge in [-0.15, -0.1) is 0 Å². The lowest BCUT2D eigenvalue weighted by Crippen LogP contribution is -2.47. The minimum Gasteiger partial charge on any atom is -0.382 e. The summed E-state index contributed by atoms with van der Waals surface area (Å²) in [5.74, 6) is 0.0504. The smallest absolute Gasteiger partial charge is 0.248 e. The Morgan fingerprint density at radius 3 is 2.10 bits per heavy atom. The van der Waals surface area contributed by atoms with E-state index in [2.05, 4.69) is 5.32 Å². The normalized spacial score (nSPS) is 15.6.